The van der Waals surface area contributed by atoms with Crippen molar-refractivity contribution in [3.05, 3.63) is 34.4 Å². The van der Waals surface area contributed by atoms with Crippen molar-refractivity contribution in [3.8, 4) is 0 Å². The second-order valence-electron chi connectivity index (χ2n) is 6.88. The van der Waals surface area contributed by atoms with Crippen molar-refractivity contribution in [2.24, 2.45) is 0 Å². The summed E-state index contributed by atoms with van der Waals surface area (Å²) in [7, 11) is 1.62. The first kappa shape index (κ1) is 22.7. The molecule has 0 radical (unpaired) electrons. The largest absolute Gasteiger partial charge is 0.481 e. The van der Waals surface area contributed by atoms with E-state index >= 15 is 0 Å². The number of hydrogen-bond acceptors (Lipinski definition) is 3. The van der Waals surface area contributed by atoms with Crippen molar-refractivity contribution in [2.75, 3.05) is 7.05 Å². The molecule has 1 fully saturated rings. The number of aryl methyl sites for hydroxylation is 1. The van der Waals surface area contributed by atoms with Crippen LogP contribution in [0.2, 0.25) is 0 Å². The van der Waals surface area contributed by atoms with Crippen LogP contribution < -0.4 is 5.32 Å². The molecule has 2 amide bonds. The number of amides is 2. The molecule has 7 heteroatoms. The number of benzene rings is 1. The Labute approximate surface area is 178 Å². The predicted octanol–water partition coefficient (Wildman–Crippen LogP) is 1.71. The van der Waals surface area contributed by atoms with Crippen LogP contribution in [0.5, 0.6) is 0 Å². The number of hydrogen-bond donors (Lipinski definition) is 2. The third kappa shape index (κ3) is 4.69. The SMILES string of the molecule is Cc1[c-]cc(C2CC(C(=O)NC(C)CC(=O)O)N(C)C2=O)c(C)c1C.[U]. The number of carboxylic acid groups (broad SMARTS) is 1. The van der Waals surface area contributed by atoms with E-state index in [1.165, 1.54) is 4.90 Å². The van der Waals surface area contributed by atoms with E-state index in [9.17, 15) is 14.4 Å². The Bertz CT molecular complexity index is 720. The standard InChI is InChI=1S/C19H25N2O4.U/c1-10-6-7-14(13(4)12(10)3)15-9-16(21(5)19(15)25)18(24)20-11(2)8-17(22)23;/h7,11,15-16H,8-9H2,1-5H3,(H,20,24)(H,22,23);/q-1;. The number of rotatable bonds is 5. The summed E-state index contributed by atoms with van der Waals surface area (Å²) in [5.74, 6) is -1.74. The molecular weight excluding hydrogens is 558 g/mol. The zero-order valence-electron chi connectivity index (χ0n) is 15.8. The number of likely N-dealkylation sites (N-methyl/N-ethyl adjacent to an activating group) is 1. The maximum atomic E-state index is 12.7. The van der Waals surface area contributed by atoms with E-state index in [4.69, 9.17) is 5.11 Å². The average molecular weight is 583 g/mol. The summed E-state index contributed by atoms with van der Waals surface area (Å²) < 4.78 is 0. The summed E-state index contributed by atoms with van der Waals surface area (Å²) in [6.45, 7) is 7.62. The quantitative estimate of drug-likeness (QED) is 0.518. The summed E-state index contributed by atoms with van der Waals surface area (Å²) in [5.41, 5.74) is 4.13. The molecule has 1 aliphatic heterocycles. The van der Waals surface area contributed by atoms with Gasteiger partial charge in [0, 0.05) is 50.1 Å². The van der Waals surface area contributed by atoms with Crippen LogP contribution in [-0.4, -0.2) is 46.9 Å². The van der Waals surface area contributed by atoms with Gasteiger partial charge in [0.25, 0.3) is 0 Å². The van der Waals surface area contributed by atoms with Crippen LogP contribution in [-0.2, 0) is 14.4 Å². The molecule has 2 rings (SSSR count). The first-order valence-electron chi connectivity index (χ1n) is 8.40. The van der Waals surface area contributed by atoms with Gasteiger partial charge in [0.05, 0.1) is 6.42 Å². The molecule has 1 aromatic carbocycles. The average Bonchev–Trinajstić information content (AvgIpc) is 2.80. The van der Waals surface area contributed by atoms with Crippen LogP contribution in [0.3, 0.4) is 0 Å². The minimum absolute atomic E-state index is 0. The fourth-order valence-corrected chi connectivity index (χ4v) is 3.34. The molecule has 2 N–H and O–H groups in total. The minimum atomic E-state index is -0.970. The molecule has 0 bridgehead atoms. The first-order valence-corrected chi connectivity index (χ1v) is 8.40. The molecule has 6 nitrogen and oxygen atoms in total. The number of aliphatic carboxylic acids is 1. The van der Waals surface area contributed by atoms with E-state index in [1.54, 1.807) is 14.0 Å². The number of nitrogens with one attached hydrogen (secondary N) is 1. The Morgan fingerprint density at radius 1 is 1.35 bits per heavy atom. The van der Waals surface area contributed by atoms with E-state index in [0.29, 0.717) is 6.42 Å². The zero-order chi connectivity index (χ0) is 18.9. The third-order valence-electron chi connectivity index (χ3n) is 5.12. The summed E-state index contributed by atoms with van der Waals surface area (Å²) in [6, 6.07) is 3.96. The van der Waals surface area contributed by atoms with Crippen molar-refractivity contribution < 1.29 is 50.6 Å². The van der Waals surface area contributed by atoms with E-state index in [1.807, 2.05) is 26.8 Å². The molecule has 1 saturated heterocycles. The molecular formula is C19H25N2O4U-. The van der Waals surface area contributed by atoms with Crippen molar-refractivity contribution in [1.82, 2.24) is 10.2 Å². The van der Waals surface area contributed by atoms with E-state index < -0.39 is 18.1 Å². The van der Waals surface area contributed by atoms with Gasteiger partial charge in [-0.1, -0.05) is 20.8 Å². The molecule has 0 aliphatic carbocycles. The molecule has 0 spiro atoms. The van der Waals surface area contributed by atoms with Gasteiger partial charge in [-0.3, -0.25) is 14.4 Å². The second kappa shape index (κ2) is 9.05. The van der Waals surface area contributed by atoms with Crippen molar-refractivity contribution in [2.45, 2.75) is 58.5 Å². The topological polar surface area (TPSA) is 86.7 Å². The van der Waals surface area contributed by atoms with Gasteiger partial charge in [-0.25, -0.2) is 0 Å². The summed E-state index contributed by atoms with van der Waals surface area (Å²) in [4.78, 5) is 37.3. The van der Waals surface area contributed by atoms with Gasteiger partial charge >= 0.3 is 5.97 Å². The van der Waals surface area contributed by atoms with E-state index in [0.717, 1.165) is 22.3 Å². The zero-order valence-corrected chi connectivity index (χ0v) is 20.0. The molecule has 1 aromatic rings. The van der Waals surface area contributed by atoms with E-state index in [2.05, 4.69) is 11.4 Å². The Morgan fingerprint density at radius 2 is 1.96 bits per heavy atom. The smallest absolute Gasteiger partial charge is 0.305 e. The van der Waals surface area contributed by atoms with Crippen LogP contribution >= 0.6 is 0 Å². The third-order valence-corrected chi connectivity index (χ3v) is 5.12. The monoisotopic (exact) mass is 583 g/mol. The molecule has 26 heavy (non-hydrogen) atoms. The van der Waals surface area contributed by atoms with Gasteiger partial charge in [-0.05, 0) is 13.3 Å². The number of carbonyl (C=O) groups excluding carboxylic acids is 2. The number of carboxylic acids is 1. The first-order chi connectivity index (χ1) is 11.6. The maximum Gasteiger partial charge on any atom is 0.305 e. The summed E-state index contributed by atoms with van der Waals surface area (Å²) >= 11 is 0. The van der Waals surface area contributed by atoms with E-state index in [-0.39, 0.29) is 55.3 Å². The molecule has 0 aromatic heterocycles. The van der Waals surface area contributed by atoms with Crippen molar-refractivity contribution >= 4 is 17.8 Å². The van der Waals surface area contributed by atoms with Gasteiger partial charge < -0.3 is 15.3 Å². The van der Waals surface area contributed by atoms with Gasteiger partial charge in [-0.2, -0.15) is 28.8 Å². The van der Waals surface area contributed by atoms with Crippen LogP contribution in [0, 0.1) is 58.0 Å². The fourth-order valence-electron chi connectivity index (χ4n) is 3.34. The second-order valence-corrected chi connectivity index (χ2v) is 6.88. The van der Waals surface area contributed by atoms with Gasteiger partial charge in [-0.15, -0.1) is 5.56 Å². The fraction of sp³-hybridized carbons (Fsp3) is 0.526. The molecule has 0 saturated carbocycles. The van der Waals surface area contributed by atoms with Crippen molar-refractivity contribution in [1.29, 1.82) is 0 Å². The molecule has 140 valence electrons. The van der Waals surface area contributed by atoms with Crippen molar-refractivity contribution in [3.63, 3.8) is 0 Å². The van der Waals surface area contributed by atoms with Crippen LogP contribution in [0.25, 0.3) is 0 Å². The Hall–Kier alpha value is -1.32. The van der Waals surface area contributed by atoms with Gasteiger partial charge in [0.15, 0.2) is 0 Å². The van der Waals surface area contributed by atoms with Crippen LogP contribution in [0.1, 0.15) is 47.9 Å². The number of nitrogens with zero attached hydrogens (tertiary/aromatic N) is 1. The molecule has 3 unspecified atom stereocenters. The normalized spacial score (nSPS) is 20.5. The molecule has 1 aliphatic rings. The Balaban J connectivity index is 0.00000338. The molecule has 3 atom stereocenters. The van der Waals surface area contributed by atoms with Crippen LogP contribution in [0.4, 0.5) is 0 Å². The predicted molar refractivity (Wildman–Crippen MR) is 93.3 cm³/mol. The van der Waals surface area contributed by atoms with Gasteiger partial charge in [0.1, 0.15) is 6.04 Å². The van der Waals surface area contributed by atoms with Crippen LogP contribution in [0.15, 0.2) is 6.07 Å². The number of likely N-dealkylation sites (tertiary alicyclic amines) is 1. The molecule has 1 heterocycles. The Kier molecular flexibility index (Phi) is 7.91. The summed E-state index contributed by atoms with van der Waals surface area (Å²) in [5, 5.41) is 11.5. The Morgan fingerprint density at radius 3 is 2.54 bits per heavy atom. The van der Waals surface area contributed by atoms with Gasteiger partial charge in [0.2, 0.25) is 11.8 Å². The number of carbonyl (C=O) groups is 3. The summed E-state index contributed by atoms with van der Waals surface area (Å²) in [6.07, 6.45) is 0.239. The minimum Gasteiger partial charge on any atom is -0.481 e. The maximum absolute atomic E-state index is 12.7.